The highest BCUT2D eigenvalue weighted by molar-refractivity contribution is 5.87. The van der Waals surface area contributed by atoms with Crippen molar-refractivity contribution in [3.63, 3.8) is 0 Å². The van der Waals surface area contributed by atoms with Gasteiger partial charge in [-0.2, -0.15) is 0 Å². The number of nitrogens with zero attached hydrogens (tertiary/aromatic N) is 1. The highest BCUT2D eigenvalue weighted by Gasteiger charge is 2.11. The van der Waals surface area contributed by atoms with Gasteiger partial charge in [0.25, 0.3) is 0 Å². The lowest BCUT2D eigenvalue weighted by molar-refractivity contribution is 0.0696. The second-order valence-electron chi connectivity index (χ2n) is 4.41. The molecular formula is C14H15N3O4. The first-order valence-corrected chi connectivity index (χ1v) is 6.32. The van der Waals surface area contributed by atoms with Crippen molar-refractivity contribution in [1.82, 2.24) is 15.6 Å². The van der Waals surface area contributed by atoms with Crippen LogP contribution >= 0.6 is 0 Å². The molecular weight excluding hydrogens is 274 g/mol. The number of hydrogen-bond donors (Lipinski definition) is 3. The lowest BCUT2D eigenvalue weighted by Crippen LogP contribution is -2.36. The minimum Gasteiger partial charge on any atom is -0.478 e. The van der Waals surface area contributed by atoms with E-state index < -0.39 is 5.97 Å². The highest BCUT2D eigenvalue weighted by Crippen LogP contribution is 2.11. The summed E-state index contributed by atoms with van der Waals surface area (Å²) < 4.78 is 5.18. The van der Waals surface area contributed by atoms with Gasteiger partial charge in [0.2, 0.25) is 0 Å². The number of carboxylic acid groups (broad SMARTS) is 1. The monoisotopic (exact) mass is 289 g/mol. The van der Waals surface area contributed by atoms with E-state index in [9.17, 15) is 9.59 Å². The molecule has 21 heavy (non-hydrogen) atoms. The second kappa shape index (κ2) is 6.56. The van der Waals surface area contributed by atoms with Crippen LogP contribution in [0.15, 0.2) is 41.1 Å². The number of nitrogens with one attached hydrogen (secondary N) is 2. The zero-order chi connectivity index (χ0) is 15.2. The number of pyridine rings is 1. The summed E-state index contributed by atoms with van der Waals surface area (Å²) >= 11 is 0. The van der Waals surface area contributed by atoms with Gasteiger partial charge in [-0.05, 0) is 31.2 Å². The smallest absolute Gasteiger partial charge is 0.335 e. The van der Waals surface area contributed by atoms with Crippen LogP contribution in [0.1, 0.15) is 34.8 Å². The maximum Gasteiger partial charge on any atom is 0.335 e. The second-order valence-corrected chi connectivity index (χ2v) is 4.41. The molecule has 0 aliphatic carbocycles. The quantitative estimate of drug-likeness (QED) is 0.780. The number of carbonyl (C=O) groups is 2. The van der Waals surface area contributed by atoms with E-state index in [1.807, 2.05) is 0 Å². The van der Waals surface area contributed by atoms with Crippen LogP contribution in [-0.4, -0.2) is 22.1 Å². The van der Waals surface area contributed by atoms with E-state index in [4.69, 9.17) is 9.52 Å². The van der Waals surface area contributed by atoms with Crippen molar-refractivity contribution < 1.29 is 19.1 Å². The van der Waals surface area contributed by atoms with Crippen molar-refractivity contribution in [2.45, 2.75) is 19.5 Å². The molecule has 0 saturated carbocycles. The first-order chi connectivity index (χ1) is 10.1. The fraction of sp³-hybridized carbons (Fsp3) is 0.214. The van der Waals surface area contributed by atoms with Gasteiger partial charge in [0.15, 0.2) is 0 Å². The molecule has 2 amide bonds. The maximum absolute atomic E-state index is 11.7. The predicted molar refractivity (Wildman–Crippen MR) is 73.7 cm³/mol. The number of aromatic carboxylic acids is 1. The maximum atomic E-state index is 11.7. The predicted octanol–water partition coefficient (Wildman–Crippen LogP) is 1.93. The molecule has 0 radical (unpaired) electrons. The van der Waals surface area contributed by atoms with E-state index in [2.05, 4.69) is 15.6 Å². The summed E-state index contributed by atoms with van der Waals surface area (Å²) in [5, 5.41) is 14.2. The SMILES string of the molecule is CC(NC(=O)NCc1cc(C(=O)O)ccn1)c1ccco1. The summed E-state index contributed by atoms with van der Waals surface area (Å²) in [6, 6.07) is 5.67. The Hall–Kier alpha value is -2.83. The Morgan fingerprint density at radius 3 is 2.90 bits per heavy atom. The molecule has 2 aromatic heterocycles. The number of rotatable bonds is 5. The number of amides is 2. The molecule has 7 nitrogen and oxygen atoms in total. The Labute approximate surface area is 121 Å². The van der Waals surface area contributed by atoms with Crippen LogP contribution in [0, 0.1) is 0 Å². The summed E-state index contributed by atoms with van der Waals surface area (Å²) in [6.45, 7) is 1.93. The van der Waals surface area contributed by atoms with Gasteiger partial charge in [-0.15, -0.1) is 0 Å². The van der Waals surface area contributed by atoms with Crippen LogP contribution < -0.4 is 10.6 Å². The van der Waals surface area contributed by atoms with Gasteiger partial charge in [-0.3, -0.25) is 4.98 Å². The van der Waals surface area contributed by atoms with Crippen LogP contribution in [0.4, 0.5) is 4.79 Å². The molecule has 7 heteroatoms. The van der Waals surface area contributed by atoms with Crippen molar-refractivity contribution in [1.29, 1.82) is 0 Å². The van der Waals surface area contributed by atoms with Crippen molar-refractivity contribution in [2.75, 3.05) is 0 Å². The van der Waals surface area contributed by atoms with Crippen LogP contribution in [0.3, 0.4) is 0 Å². The summed E-state index contributed by atoms with van der Waals surface area (Å²) in [7, 11) is 0. The average Bonchev–Trinajstić information content (AvgIpc) is 2.99. The molecule has 0 bridgehead atoms. The van der Waals surface area contributed by atoms with Crippen LogP contribution in [-0.2, 0) is 6.54 Å². The van der Waals surface area contributed by atoms with E-state index >= 15 is 0 Å². The van der Waals surface area contributed by atoms with Gasteiger partial charge in [-0.25, -0.2) is 9.59 Å². The zero-order valence-corrected chi connectivity index (χ0v) is 11.4. The van der Waals surface area contributed by atoms with E-state index in [1.54, 1.807) is 19.1 Å². The van der Waals surface area contributed by atoms with Crippen molar-refractivity contribution in [3.8, 4) is 0 Å². The first-order valence-electron chi connectivity index (χ1n) is 6.32. The third-order valence-corrected chi connectivity index (χ3v) is 2.81. The van der Waals surface area contributed by atoms with E-state index in [0.29, 0.717) is 11.5 Å². The number of carbonyl (C=O) groups excluding carboxylic acids is 1. The molecule has 0 aliphatic rings. The third-order valence-electron chi connectivity index (χ3n) is 2.81. The normalized spacial score (nSPS) is 11.7. The molecule has 2 rings (SSSR count). The van der Waals surface area contributed by atoms with Gasteiger partial charge in [0.05, 0.1) is 30.1 Å². The largest absolute Gasteiger partial charge is 0.478 e. The van der Waals surface area contributed by atoms with Crippen LogP contribution in [0.2, 0.25) is 0 Å². The van der Waals surface area contributed by atoms with Crippen molar-refractivity contribution in [2.24, 2.45) is 0 Å². The molecule has 110 valence electrons. The molecule has 0 fully saturated rings. The molecule has 0 aliphatic heterocycles. The van der Waals surface area contributed by atoms with Gasteiger partial charge in [-0.1, -0.05) is 0 Å². The topological polar surface area (TPSA) is 104 Å². The highest BCUT2D eigenvalue weighted by atomic mass is 16.4. The molecule has 0 spiro atoms. The molecule has 3 N–H and O–H groups in total. The molecule has 1 atom stereocenters. The Kier molecular flexibility index (Phi) is 4.55. The summed E-state index contributed by atoms with van der Waals surface area (Å²) in [6.07, 6.45) is 2.93. The van der Waals surface area contributed by atoms with Gasteiger partial charge < -0.3 is 20.2 Å². The standard InChI is InChI=1S/C14H15N3O4/c1-9(12-3-2-6-21-12)17-14(20)16-8-11-7-10(13(18)19)4-5-15-11/h2-7,9H,8H2,1H3,(H,18,19)(H2,16,17,20). The van der Waals surface area contributed by atoms with E-state index in [0.717, 1.165) is 0 Å². The summed E-state index contributed by atoms with van der Waals surface area (Å²) in [5.74, 6) is -0.384. The average molecular weight is 289 g/mol. The number of furan rings is 1. The Morgan fingerprint density at radius 1 is 1.43 bits per heavy atom. The minimum absolute atomic E-state index is 0.131. The lowest BCUT2D eigenvalue weighted by atomic mass is 10.2. The molecule has 2 heterocycles. The number of aromatic nitrogens is 1. The number of urea groups is 1. The fourth-order valence-electron chi connectivity index (χ4n) is 1.74. The Bertz CT molecular complexity index is 625. The Balaban J connectivity index is 1.86. The molecule has 2 aromatic rings. The third kappa shape index (κ3) is 4.07. The fourth-order valence-corrected chi connectivity index (χ4v) is 1.74. The first kappa shape index (κ1) is 14.6. The molecule has 0 saturated heterocycles. The minimum atomic E-state index is -1.03. The van der Waals surface area contributed by atoms with E-state index in [1.165, 1.54) is 24.6 Å². The zero-order valence-electron chi connectivity index (χ0n) is 11.4. The lowest BCUT2D eigenvalue weighted by Gasteiger charge is -2.12. The van der Waals surface area contributed by atoms with Crippen molar-refractivity contribution in [3.05, 3.63) is 53.7 Å². The van der Waals surface area contributed by atoms with Crippen LogP contribution in [0.5, 0.6) is 0 Å². The summed E-state index contributed by atoms with van der Waals surface area (Å²) in [4.78, 5) is 26.6. The van der Waals surface area contributed by atoms with Gasteiger partial charge in [0.1, 0.15) is 5.76 Å². The van der Waals surface area contributed by atoms with Gasteiger partial charge in [0, 0.05) is 6.20 Å². The molecule has 0 aromatic carbocycles. The number of carboxylic acids is 1. The molecule has 1 unspecified atom stereocenters. The van der Waals surface area contributed by atoms with E-state index in [-0.39, 0.29) is 24.2 Å². The van der Waals surface area contributed by atoms with Crippen LogP contribution in [0.25, 0.3) is 0 Å². The Morgan fingerprint density at radius 2 is 2.24 bits per heavy atom. The number of hydrogen-bond acceptors (Lipinski definition) is 4. The van der Waals surface area contributed by atoms with Gasteiger partial charge >= 0.3 is 12.0 Å². The van der Waals surface area contributed by atoms with Crippen molar-refractivity contribution >= 4 is 12.0 Å². The summed E-state index contributed by atoms with van der Waals surface area (Å²) in [5.41, 5.74) is 0.599.